The molecular weight excluding hydrogens is 452 g/mol. The maximum atomic E-state index is 13.9. The molecule has 0 unspecified atom stereocenters. The van der Waals surface area contributed by atoms with Crippen molar-refractivity contribution >= 4 is 45.3 Å². The van der Waals surface area contributed by atoms with Crippen molar-refractivity contribution in [2.45, 2.75) is 38.6 Å². The van der Waals surface area contributed by atoms with Gasteiger partial charge in [0.1, 0.15) is 0 Å². The number of hydrogen-bond acceptors (Lipinski definition) is 5. The summed E-state index contributed by atoms with van der Waals surface area (Å²) >= 11 is 0. The number of nitrogens with zero attached hydrogens (tertiary/aromatic N) is 4. The summed E-state index contributed by atoms with van der Waals surface area (Å²) in [5.41, 5.74) is 3.57. The molecule has 2 aromatic carbocycles. The van der Waals surface area contributed by atoms with Crippen molar-refractivity contribution in [1.29, 1.82) is 0 Å². The third-order valence-electron chi connectivity index (χ3n) is 7.06. The minimum Gasteiger partial charge on any atom is -0.466 e. The predicted octanol–water partition coefficient (Wildman–Crippen LogP) is 5.42. The van der Waals surface area contributed by atoms with Gasteiger partial charge in [-0.15, -0.1) is 0 Å². The Hall–Kier alpha value is -4.00. The molecule has 4 aromatic rings. The summed E-state index contributed by atoms with van der Waals surface area (Å²) in [6.07, 6.45) is 13.5. The van der Waals surface area contributed by atoms with E-state index in [9.17, 15) is 9.59 Å². The number of ether oxygens (including phenoxy) is 1. The molecule has 1 fully saturated rings. The first-order valence-electron chi connectivity index (χ1n) is 12.4. The molecule has 1 aliphatic rings. The smallest absolute Gasteiger partial charge is 0.330 e. The Labute approximate surface area is 210 Å². The number of aromatic nitrogens is 3. The lowest BCUT2D eigenvalue weighted by atomic mass is 9.88. The van der Waals surface area contributed by atoms with Crippen molar-refractivity contribution in [1.82, 2.24) is 14.8 Å². The van der Waals surface area contributed by atoms with Crippen LogP contribution in [0.4, 0.5) is 5.69 Å². The van der Waals surface area contributed by atoms with E-state index in [4.69, 9.17) is 4.74 Å². The van der Waals surface area contributed by atoms with Crippen LogP contribution in [-0.4, -0.2) is 33.8 Å². The van der Waals surface area contributed by atoms with E-state index in [1.54, 1.807) is 18.5 Å². The van der Waals surface area contributed by atoms with Crippen LogP contribution in [0.25, 0.3) is 27.8 Å². The molecule has 0 saturated heterocycles. The summed E-state index contributed by atoms with van der Waals surface area (Å²) in [7, 11) is 3.28. The van der Waals surface area contributed by atoms with E-state index in [1.165, 1.54) is 19.6 Å². The molecular formula is C29H30N4O3. The molecule has 7 heteroatoms. The zero-order chi connectivity index (χ0) is 25.1. The van der Waals surface area contributed by atoms with E-state index >= 15 is 0 Å². The Morgan fingerprint density at radius 2 is 1.92 bits per heavy atom. The highest BCUT2D eigenvalue weighted by atomic mass is 16.5. The monoisotopic (exact) mass is 482 g/mol. The van der Waals surface area contributed by atoms with Gasteiger partial charge in [-0.3, -0.25) is 14.5 Å². The topological polar surface area (TPSA) is 77.3 Å². The fourth-order valence-electron chi connectivity index (χ4n) is 5.08. The second-order valence-corrected chi connectivity index (χ2v) is 9.41. The van der Waals surface area contributed by atoms with Crippen LogP contribution >= 0.6 is 0 Å². The molecule has 1 saturated carbocycles. The first-order valence-corrected chi connectivity index (χ1v) is 12.4. The highest BCUT2D eigenvalue weighted by molar-refractivity contribution is 6.00. The molecule has 1 aliphatic carbocycles. The molecule has 0 spiro atoms. The number of rotatable bonds is 6. The van der Waals surface area contributed by atoms with Crippen LogP contribution < -0.4 is 4.90 Å². The highest BCUT2D eigenvalue weighted by Crippen LogP contribution is 2.31. The highest BCUT2D eigenvalue weighted by Gasteiger charge is 2.28. The van der Waals surface area contributed by atoms with Crippen LogP contribution in [0.2, 0.25) is 0 Å². The second kappa shape index (κ2) is 10.3. The van der Waals surface area contributed by atoms with Gasteiger partial charge in [0.2, 0.25) is 5.91 Å². The van der Waals surface area contributed by atoms with Crippen LogP contribution in [0.5, 0.6) is 0 Å². The Morgan fingerprint density at radius 3 is 2.72 bits per heavy atom. The summed E-state index contributed by atoms with van der Waals surface area (Å²) in [5, 5.41) is 7.70. The molecule has 1 amide bonds. The first kappa shape index (κ1) is 23.7. The number of pyridine rings is 1. The number of methoxy groups -OCH3 is 1. The largest absolute Gasteiger partial charge is 0.466 e. The molecule has 2 aromatic heterocycles. The van der Waals surface area contributed by atoms with Gasteiger partial charge in [-0.05, 0) is 59.0 Å². The molecule has 184 valence electrons. The average molecular weight is 483 g/mol. The maximum Gasteiger partial charge on any atom is 0.330 e. The quantitative estimate of drug-likeness (QED) is 0.271. The summed E-state index contributed by atoms with van der Waals surface area (Å²) in [5.74, 6) is -0.302. The van der Waals surface area contributed by atoms with Crippen molar-refractivity contribution in [3.05, 3.63) is 72.2 Å². The Balaban J connectivity index is 1.55. The van der Waals surface area contributed by atoms with Gasteiger partial charge in [0.05, 0.1) is 37.3 Å². The third kappa shape index (κ3) is 4.87. The minimum atomic E-state index is -0.437. The van der Waals surface area contributed by atoms with Gasteiger partial charge >= 0.3 is 5.97 Å². The Morgan fingerprint density at radius 1 is 1.08 bits per heavy atom. The van der Waals surface area contributed by atoms with E-state index in [0.29, 0.717) is 6.54 Å². The van der Waals surface area contributed by atoms with E-state index in [0.717, 1.165) is 64.2 Å². The summed E-state index contributed by atoms with van der Waals surface area (Å²) < 4.78 is 6.58. The third-order valence-corrected chi connectivity index (χ3v) is 7.06. The molecule has 0 atom stereocenters. The fraction of sp³-hybridized carbons (Fsp3) is 0.310. The second-order valence-electron chi connectivity index (χ2n) is 9.41. The fourth-order valence-corrected chi connectivity index (χ4v) is 5.08. The van der Waals surface area contributed by atoms with Crippen LogP contribution in [-0.2, 0) is 27.9 Å². The van der Waals surface area contributed by atoms with Gasteiger partial charge in [0.25, 0.3) is 0 Å². The zero-order valence-corrected chi connectivity index (χ0v) is 20.7. The minimum absolute atomic E-state index is 0.00627. The lowest BCUT2D eigenvalue weighted by Gasteiger charge is -2.30. The number of esters is 1. The number of benzene rings is 2. The molecule has 0 N–H and O–H groups in total. The number of aryl methyl sites for hydroxylation is 1. The number of fused-ring (bicyclic) bond motifs is 2. The lowest BCUT2D eigenvalue weighted by Crippen LogP contribution is -2.37. The van der Waals surface area contributed by atoms with Crippen molar-refractivity contribution < 1.29 is 14.3 Å². The van der Waals surface area contributed by atoms with Crippen LogP contribution in [0, 0.1) is 5.92 Å². The van der Waals surface area contributed by atoms with Gasteiger partial charge < -0.3 is 9.64 Å². The molecule has 2 heterocycles. The van der Waals surface area contributed by atoms with Crippen molar-refractivity contribution in [3.8, 4) is 0 Å². The molecule has 5 rings (SSSR count). The SMILES string of the molecule is COC(=O)/C=C/c1cncc(N(Cc2cccc3cc4cnn(C)c4cc23)C(=O)C2CCCCC2)c1. The van der Waals surface area contributed by atoms with Gasteiger partial charge in [-0.2, -0.15) is 5.10 Å². The average Bonchev–Trinajstić information content (AvgIpc) is 3.28. The number of amides is 1. The van der Waals surface area contributed by atoms with Crippen LogP contribution in [0.15, 0.2) is 61.1 Å². The van der Waals surface area contributed by atoms with Gasteiger partial charge in [-0.1, -0.05) is 37.5 Å². The predicted molar refractivity (Wildman–Crippen MR) is 141 cm³/mol. The number of carbonyl (C=O) groups excluding carboxylic acids is 2. The van der Waals surface area contributed by atoms with E-state index in [-0.39, 0.29) is 11.8 Å². The number of anilines is 1. The van der Waals surface area contributed by atoms with E-state index in [1.807, 2.05) is 35.0 Å². The van der Waals surface area contributed by atoms with Gasteiger partial charge in [0, 0.05) is 30.6 Å². The van der Waals surface area contributed by atoms with Crippen molar-refractivity contribution in [3.63, 3.8) is 0 Å². The molecule has 7 nitrogen and oxygen atoms in total. The van der Waals surface area contributed by atoms with E-state index < -0.39 is 5.97 Å². The standard InChI is InChI=1S/C29H30N4O3/c1-32-27-15-26-22(14-24(27)17-31-32)9-6-10-23(26)19-33(29(35)21-7-4-3-5-8-21)25-13-20(16-30-18-25)11-12-28(34)36-2/h6,9-18,21H,3-5,7-8,19H2,1-2H3/b12-11+. The summed E-state index contributed by atoms with van der Waals surface area (Å²) in [4.78, 5) is 31.7. The van der Waals surface area contributed by atoms with Crippen LogP contribution in [0.3, 0.4) is 0 Å². The number of carbonyl (C=O) groups is 2. The molecule has 0 bridgehead atoms. The maximum absolute atomic E-state index is 13.9. The summed E-state index contributed by atoms with van der Waals surface area (Å²) in [6.45, 7) is 0.432. The normalized spacial score (nSPS) is 14.5. The Kier molecular flexibility index (Phi) is 6.80. The molecule has 0 aliphatic heterocycles. The van der Waals surface area contributed by atoms with Gasteiger partial charge in [0.15, 0.2) is 0 Å². The number of hydrogen-bond donors (Lipinski definition) is 0. The van der Waals surface area contributed by atoms with Crippen molar-refractivity contribution in [2.24, 2.45) is 13.0 Å². The van der Waals surface area contributed by atoms with Crippen LogP contribution in [0.1, 0.15) is 43.2 Å². The first-order chi connectivity index (χ1) is 17.5. The van der Waals surface area contributed by atoms with Gasteiger partial charge in [-0.25, -0.2) is 4.79 Å². The molecule has 36 heavy (non-hydrogen) atoms. The lowest BCUT2D eigenvalue weighted by molar-refractivity contribution is -0.134. The molecule has 0 radical (unpaired) electrons. The zero-order valence-electron chi connectivity index (χ0n) is 20.7. The van der Waals surface area contributed by atoms with E-state index in [2.05, 4.69) is 34.3 Å². The Bertz CT molecular complexity index is 1450. The van der Waals surface area contributed by atoms with Crippen molar-refractivity contribution in [2.75, 3.05) is 12.0 Å². The summed E-state index contributed by atoms with van der Waals surface area (Å²) in [6, 6.07) is 12.4.